The maximum atomic E-state index is 13.0. The maximum absolute atomic E-state index is 13.0. The van der Waals surface area contributed by atoms with Gasteiger partial charge in [-0.1, -0.05) is 24.3 Å². The number of benzene rings is 2. The molecule has 1 unspecified atom stereocenters. The lowest BCUT2D eigenvalue weighted by Crippen LogP contribution is -2.21. The van der Waals surface area contributed by atoms with Gasteiger partial charge in [-0.3, -0.25) is 0 Å². The fraction of sp³-hybridized carbons (Fsp3) is 0.235. The molecule has 0 aromatic heterocycles. The molecule has 0 radical (unpaired) electrons. The summed E-state index contributed by atoms with van der Waals surface area (Å²) in [5.41, 5.74) is 2.80. The lowest BCUT2D eigenvalue weighted by molar-refractivity contribution is 0.574. The lowest BCUT2D eigenvalue weighted by atomic mass is 10.1. The summed E-state index contributed by atoms with van der Waals surface area (Å²) in [7, 11) is 0. The minimum atomic E-state index is -0.192. The first-order valence-corrected chi connectivity index (χ1v) is 6.67. The highest BCUT2D eigenvalue weighted by molar-refractivity contribution is 5.32. The average molecular weight is 268 g/mol. The summed E-state index contributed by atoms with van der Waals surface area (Å²) in [6, 6.07) is 16.5. The van der Waals surface area contributed by atoms with E-state index < -0.39 is 0 Å². The van der Waals surface area contributed by atoms with Crippen LogP contribution in [-0.2, 0) is 6.42 Å². The number of rotatable bonds is 5. The van der Waals surface area contributed by atoms with E-state index in [1.807, 2.05) is 30.3 Å². The van der Waals surface area contributed by atoms with Crippen molar-refractivity contribution in [2.24, 2.45) is 0 Å². The SMILES string of the molecule is CC(NCCc1cccc(F)c1)c1ccc(C#N)cc1. The molecule has 2 nitrogen and oxygen atoms in total. The van der Waals surface area contributed by atoms with Crippen LogP contribution < -0.4 is 5.32 Å². The van der Waals surface area contributed by atoms with Gasteiger partial charge in [0, 0.05) is 6.04 Å². The molecule has 20 heavy (non-hydrogen) atoms. The quantitative estimate of drug-likeness (QED) is 0.899. The third-order valence-corrected chi connectivity index (χ3v) is 3.29. The first-order valence-electron chi connectivity index (χ1n) is 6.67. The second-order valence-electron chi connectivity index (χ2n) is 4.79. The minimum Gasteiger partial charge on any atom is -0.310 e. The molecule has 0 heterocycles. The summed E-state index contributed by atoms with van der Waals surface area (Å²) < 4.78 is 13.0. The van der Waals surface area contributed by atoms with Crippen LogP contribution in [0.15, 0.2) is 48.5 Å². The standard InChI is InChI=1S/C17H17FN2/c1-13(16-7-5-15(12-19)6-8-16)20-10-9-14-3-2-4-17(18)11-14/h2-8,11,13,20H,9-10H2,1H3. The zero-order chi connectivity index (χ0) is 14.4. The summed E-state index contributed by atoms with van der Waals surface area (Å²) in [5.74, 6) is -0.192. The molecule has 0 fully saturated rings. The van der Waals surface area contributed by atoms with Gasteiger partial charge in [0.15, 0.2) is 0 Å². The second kappa shape index (κ2) is 6.83. The molecule has 2 rings (SSSR count). The third kappa shape index (κ3) is 3.91. The van der Waals surface area contributed by atoms with Crippen molar-refractivity contribution in [2.75, 3.05) is 6.54 Å². The van der Waals surface area contributed by atoms with Crippen molar-refractivity contribution >= 4 is 0 Å². The highest BCUT2D eigenvalue weighted by Crippen LogP contribution is 2.13. The van der Waals surface area contributed by atoms with E-state index in [9.17, 15) is 4.39 Å². The van der Waals surface area contributed by atoms with E-state index in [1.165, 1.54) is 6.07 Å². The van der Waals surface area contributed by atoms with Gasteiger partial charge in [0.05, 0.1) is 11.6 Å². The first kappa shape index (κ1) is 14.2. The predicted molar refractivity (Wildman–Crippen MR) is 77.7 cm³/mol. The van der Waals surface area contributed by atoms with Crippen molar-refractivity contribution in [3.63, 3.8) is 0 Å². The summed E-state index contributed by atoms with van der Waals surface area (Å²) in [5, 5.41) is 12.2. The summed E-state index contributed by atoms with van der Waals surface area (Å²) in [4.78, 5) is 0. The molecule has 102 valence electrons. The van der Waals surface area contributed by atoms with E-state index in [4.69, 9.17) is 5.26 Å². The van der Waals surface area contributed by atoms with Crippen molar-refractivity contribution in [1.82, 2.24) is 5.32 Å². The average Bonchev–Trinajstić information content (AvgIpc) is 2.47. The van der Waals surface area contributed by atoms with Crippen molar-refractivity contribution in [1.29, 1.82) is 5.26 Å². The lowest BCUT2D eigenvalue weighted by Gasteiger charge is -2.14. The summed E-state index contributed by atoms with van der Waals surface area (Å²) in [6.07, 6.45) is 0.790. The molecule has 0 aliphatic rings. The molecule has 1 N–H and O–H groups in total. The van der Waals surface area contributed by atoms with Crippen LogP contribution in [0, 0.1) is 17.1 Å². The topological polar surface area (TPSA) is 35.8 Å². The van der Waals surface area contributed by atoms with Gasteiger partial charge in [0.2, 0.25) is 0 Å². The van der Waals surface area contributed by atoms with E-state index in [0.717, 1.165) is 24.1 Å². The van der Waals surface area contributed by atoms with E-state index >= 15 is 0 Å². The Morgan fingerprint density at radius 3 is 2.60 bits per heavy atom. The molecule has 3 heteroatoms. The monoisotopic (exact) mass is 268 g/mol. The van der Waals surface area contributed by atoms with E-state index in [0.29, 0.717) is 5.56 Å². The van der Waals surface area contributed by atoms with Crippen LogP contribution in [0.1, 0.15) is 29.7 Å². The first-order chi connectivity index (χ1) is 9.69. The maximum Gasteiger partial charge on any atom is 0.123 e. The number of nitriles is 1. The number of nitrogens with zero attached hydrogens (tertiary/aromatic N) is 1. The van der Waals surface area contributed by atoms with Gasteiger partial charge < -0.3 is 5.32 Å². The van der Waals surface area contributed by atoms with Crippen molar-refractivity contribution in [3.05, 3.63) is 71.0 Å². The zero-order valence-corrected chi connectivity index (χ0v) is 11.4. The van der Waals surface area contributed by atoms with Crippen LogP contribution in [0.25, 0.3) is 0 Å². The van der Waals surface area contributed by atoms with Crippen LogP contribution in [0.2, 0.25) is 0 Å². The fourth-order valence-corrected chi connectivity index (χ4v) is 2.09. The summed E-state index contributed by atoms with van der Waals surface area (Å²) in [6.45, 7) is 2.86. The van der Waals surface area contributed by atoms with Crippen LogP contribution in [-0.4, -0.2) is 6.54 Å². The number of hydrogen-bond acceptors (Lipinski definition) is 2. The van der Waals surface area contributed by atoms with Crippen molar-refractivity contribution in [3.8, 4) is 6.07 Å². The van der Waals surface area contributed by atoms with Crippen molar-refractivity contribution < 1.29 is 4.39 Å². The van der Waals surface area contributed by atoms with Crippen LogP contribution >= 0.6 is 0 Å². The molecule has 0 aliphatic carbocycles. The molecule has 1 atom stereocenters. The normalized spacial score (nSPS) is 11.8. The Morgan fingerprint density at radius 1 is 1.20 bits per heavy atom. The number of nitrogens with one attached hydrogen (secondary N) is 1. The van der Waals surface area contributed by atoms with Gasteiger partial charge in [-0.05, 0) is 55.3 Å². The van der Waals surface area contributed by atoms with Gasteiger partial charge in [-0.15, -0.1) is 0 Å². The summed E-state index contributed by atoms with van der Waals surface area (Å²) >= 11 is 0. The largest absolute Gasteiger partial charge is 0.310 e. The molecule has 0 saturated heterocycles. The Labute approximate surface area is 118 Å². The van der Waals surface area contributed by atoms with Crippen LogP contribution in [0.5, 0.6) is 0 Å². The molecule has 0 bridgehead atoms. The van der Waals surface area contributed by atoms with E-state index in [2.05, 4.69) is 18.3 Å². The Morgan fingerprint density at radius 2 is 1.95 bits per heavy atom. The van der Waals surface area contributed by atoms with Gasteiger partial charge in [0.25, 0.3) is 0 Å². The molecular weight excluding hydrogens is 251 g/mol. The fourth-order valence-electron chi connectivity index (χ4n) is 2.09. The van der Waals surface area contributed by atoms with Gasteiger partial charge >= 0.3 is 0 Å². The molecule has 2 aromatic carbocycles. The Balaban J connectivity index is 1.85. The molecular formula is C17H17FN2. The van der Waals surface area contributed by atoms with Gasteiger partial charge in [0.1, 0.15) is 5.82 Å². The molecule has 2 aromatic rings. The second-order valence-corrected chi connectivity index (χ2v) is 4.79. The van der Waals surface area contributed by atoms with Gasteiger partial charge in [-0.25, -0.2) is 4.39 Å². The predicted octanol–water partition coefficient (Wildman–Crippen LogP) is 3.59. The van der Waals surface area contributed by atoms with Gasteiger partial charge in [-0.2, -0.15) is 5.26 Å². The smallest absolute Gasteiger partial charge is 0.123 e. The highest BCUT2D eigenvalue weighted by atomic mass is 19.1. The van der Waals surface area contributed by atoms with Crippen LogP contribution in [0.4, 0.5) is 4.39 Å². The molecule has 0 spiro atoms. The van der Waals surface area contributed by atoms with E-state index in [-0.39, 0.29) is 11.9 Å². The molecule has 0 aliphatic heterocycles. The Bertz CT molecular complexity index is 599. The van der Waals surface area contributed by atoms with Crippen LogP contribution in [0.3, 0.4) is 0 Å². The van der Waals surface area contributed by atoms with Crippen molar-refractivity contribution in [2.45, 2.75) is 19.4 Å². The Hall–Kier alpha value is -2.18. The zero-order valence-electron chi connectivity index (χ0n) is 11.4. The molecule has 0 amide bonds. The third-order valence-electron chi connectivity index (χ3n) is 3.29. The van der Waals surface area contributed by atoms with E-state index in [1.54, 1.807) is 12.1 Å². The number of halogens is 1. The highest BCUT2D eigenvalue weighted by Gasteiger charge is 2.04. The Kier molecular flexibility index (Phi) is 4.86. The molecule has 0 saturated carbocycles. The number of hydrogen-bond donors (Lipinski definition) is 1. The minimum absolute atomic E-state index is 0.192.